The van der Waals surface area contributed by atoms with Gasteiger partial charge in [-0.25, -0.2) is 0 Å². The predicted octanol–water partition coefficient (Wildman–Crippen LogP) is 2.78. The van der Waals surface area contributed by atoms with Crippen LogP contribution in [0.1, 0.15) is 59.2 Å². The van der Waals surface area contributed by atoms with E-state index in [1.165, 1.54) is 0 Å². The lowest BCUT2D eigenvalue weighted by Gasteiger charge is -2.28. The van der Waals surface area contributed by atoms with E-state index in [0.717, 1.165) is 37.9 Å². The SMILES string of the molecule is Cc1noc(C)c1C(=O)N1CCCCCC1c1ccn(C)n1. The molecular weight excluding hydrogens is 280 g/mol. The minimum atomic E-state index is 0.00815. The third-order valence-electron chi connectivity index (χ3n) is 4.34. The van der Waals surface area contributed by atoms with Crippen molar-refractivity contribution in [1.29, 1.82) is 0 Å². The summed E-state index contributed by atoms with van der Waals surface area (Å²) in [6.45, 7) is 4.36. The predicted molar refractivity (Wildman–Crippen MR) is 81.4 cm³/mol. The summed E-state index contributed by atoms with van der Waals surface area (Å²) in [7, 11) is 1.90. The van der Waals surface area contributed by atoms with Crippen molar-refractivity contribution in [3.05, 3.63) is 35.0 Å². The van der Waals surface area contributed by atoms with Gasteiger partial charge in [-0.2, -0.15) is 5.10 Å². The molecule has 0 N–H and O–H groups in total. The minimum Gasteiger partial charge on any atom is -0.361 e. The fraction of sp³-hybridized carbons (Fsp3) is 0.562. The molecule has 22 heavy (non-hydrogen) atoms. The molecule has 1 unspecified atom stereocenters. The Kier molecular flexibility index (Phi) is 4.00. The zero-order chi connectivity index (χ0) is 15.7. The molecule has 2 aromatic rings. The van der Waals surface area contributed by atoms with E-state index in [4.69, 9.17) is 4.52 Å². The first-order valence-electron chi connectivity index (χ1n) is 7.81. The van der Waals surface area contributed by atoms with Crippen LogP contribution >= 0.6 is 0 Å². The molecule has 1 amide bonds. The van der Waals surface area contributed by atoms with Gasteiger partial charge in [-0.05, 0) is 32.8 Å². The van der Waals surface area contributed by atoms with Gasteiger partial charge >= 0.3 is 0 Å². The van der Waals surface area contributed by atoms with Crippen molar-refractivity contribution < 1.29 is 9.32 Å². The Morgan fingerprint density at radius 1 is 1.32 bits per heavy atom. The Labute approximate surface area is 130 Å². The molecule has 6 heteroatoms. The molecule has 2 aromatic heterocycles. The summed E-state index contributed by atoms with van der Waals surface area (Å²) in [4.78, 5) is 15.0. The van der Waals surface area contributed by atoms with Gasteiger partial charge in [-0.1, -0.05) is 18.0 Å². The maximum Gasteiger partial charge on any atom is 0.259 e. The summed E-state index contributed by atoms with van der Waals surface area (Å²) in [6.07, 6.45) is 6.17. The second-order valence-corrected chi connectivity index (χ2v) is 5.98. The van der Waals surface area contributed by atoms with Gasteiger partial charge in [0.25, 0.3) is 5.91 Å². The zero-order valence-corrected chi connectivity index (χ0v) is 13.4. The number of aryl methyl sites for hydroxylation is 3. The van der Waals surface area contributed by atoms with E-state index in [9.17, 15) is 4.79 Å². The van der Waals surface area contributed by atoms with E-state index in [0.29, 0.717) is 17.0 Å². The highest BCUT2D eigenvalue weighted by Gasteiger charge is 2.31. The number of aromatic nitrogens is 3. The van der Waals surface area contributed by atoms with Crippen molar-refractivity contribution >= 4 is 5.91 Å². The standard InChI is InChI=1S/C16H22N4O2/c1-11-15(12(2)22-18-11)16(21)20-9-6-4-5-7-14(20)13-8-10-19(3)17-13/h8,10,14H,4-7,9H2,1-3H3. The van der Waals surface area contributed by atoms with Crippen LogP contribution in [0.5, 0.6) is 0 Å². The molecule has 1 fully saturated rings. The number of carbonyl (C=O) groups is 1. The fourth-order valence-electron chi connectivity index (χ4n) is 3.20. The Bertz CT molecular complexity index is 654. The molecule has 0 spiro atoms. The van der Waals surface area contributed by atoms with Gasteiger partial charge in [0.15, 0.2) is 0 Å². The van der Waals surface area contributed by atoms with Gasteiger partial charge in [0.2, 0.25) is 0 Å². The number of hydrogen-bond acceptors (Lipinski definition) is 4. The summed E-state index contributed by atoms with van der Waals surface area (Å²) in [5, 5.41) is 8.43. The Hall–Kier alpha value is -2.11. The Morgan fingerprint density at radius 2 is 2.14 bits per heavy atom. The first-order chi connectivity index (χ1) is 10.6. The monoisotopic (exact) mass is 302 g/mol. The van der Waals surface area contributed by atoms with Crippen LogP contribution in [-0.4, -0.2) is 32.3 Å². The smallest absolute Gasteiger partial charge is 0.259 e. The first-order valence-corrected chi connectivity index (χ1v) is 7.81. The zero-order valence-electron chi connectivity index (χ0n) is 13.4. The van der Waals surface area contributed by atoms with E-state index in [-0.39, 0.29) is 11.9 Å². The molecule has 0 radical (unpaired) electrons. The van der Waals surface area contributed by atoms with Crippen LogP contribution in [0.25, 0.3) is 0 Å². The number of likely N-dealkylation sites (tertiary alicyclic amines) is 1. The quantitative estimate of drug-likeness (QED) is 0.855. The molecule has 3 rings (SSSR count). The van der Waals surface area contributed by atoms with Crippen molar-refractivity contribution in [3.8, 4) is 0 Å². The molecule has 0 aromatic carbocycles. The molecule has 6 nitrogen and oxygen atoms in total. The van der Waals surface area contributed by atoms with Crippen LogP contribution in [0.2, 0.25) is 0 Å². The van der Waals surface area contributed by atoms with Crippen molar-refractivity contribution in [2.24, 2.45) is 7.05 Å². The second kappa shape index (κ2) is 5.94. The van der Waals surface area contributed by atoms with Crippen LogP contribution in [0.15, 0.2) is 16.8 Å². The lowest BCUT2D eigenvalue weighted by molar-refractivity contribution is 0.0674. The normalized spacial score (nSPS) is 19.2. The maximum absolute atomic E-state index is 13.0. The van der Waals surface area contributed by atoms with E-state index in [2.05, 4.69) is 10.3 Å². The number of nitrogens with zero attached hydrogens (tertiary/aromatic N) is 4. The average Bonchev–Trinajstić information content (AvgIpc) is 2.96. The molecular formula is C16H22N4O2. The summed E-state index contributed by atoms with van der Waals surface area (Å²) < 4.78 is 6.96. The summed E-state index contributed by atoms with van der Waals surface area (Å²) in [6, 6.07) is 2.04. The highest BCUT2D eigenvalue weighted by molar-refractivity contribution is 5.96. The van der Waals surface area contributed by atoms with Crippen LogP contribution in [-0.2, 0) is 7.05 Å². The van der Waals surface area contributed by atoms with E-state index < -0.39 is 0 Å². The number of hydrogen-bond donors (Lipinski definition) is 0. The lowest BCUT2D eigenvalue weighted by Crippen LogP contribution is -2.35. The first kappa shape index (κ1) is 14.8. The van der Waals surface area contributed by atoms with Gasteiger partial charge in [0.1, 0.15) is 11.3 Å². The van der Waals surface area contributed by atoms with E-state index in [1.807, 2.05) is 31.1 Å². The molecule has 0 aliphatic carbocycles. The van der Waals surface area contributed by atoms with Crippen molar-refractivity contribution in [2.75, 3.05) is 6.54 Å². The largest absolute Gasteiger partial charge is 0.361 e. The van der Waals surface area contributed by atoms with Crippen LogP contribution in [0.3, 0.4) is 0 Å². The highest BCUT2D eigenvalue weighted by Crippen LogP contribution is 2.31. The third-order valence-corrected chi connectivity index (χ3v) is 4.34. The summed E-state index contributed by atoms with van der Waals surface area (Å²) >= 11 is 0. The third kappa shape index (κ3) is 2.65. The molecule has 0 saturated carbocycles. The van der Waals surface area contributed by atoms with Crippen LogP contribution in [0, 0.1) is 13.8 Å². The average molecular weight is 302 g/mol. The molecule has 118 valence electrons. The number of carbonyl (C=O) groups excluding carboxylic acids is 1. The van der Waals surface area contributed by atoms with Gasteiger partial charge in [-0.3, -0.25) is 9.48 Å². The molecule has 1 atom stereocenters. The van der Waals surface area contributed by atoms with Crippen molar-refractivity contribution in [2.45, 2.75) is 45.6 Å². The van der Waals surface area contributed by atoms with Crippen LogP contribution < -0.4 is 0 Å². The molecule has 1 aliphatic heterocycles. The topological polar surface area (TPSA) is 64.2 Å². The molecule has 1 saturated heterocycles. The van der Waals surface area contributed by atoms with Gasteiger partial charge < -0.3 is 9.42 Å². The van der Waals surface area contributed by atoms with Gasteiger partial charge in [-0.15, -0.1) is 0 Å². The number of amides is 1. The van der Waals surface area contributed by atoms with Crippen molar-refractivity contribution in [1.82, 2.24) is 19.8 Å². The van der Waals surface area contributed by atoms with Crippen molar-refractivity contribution in [3.63, 3.8) is 0 Å². The molecule has 1 aliphatic rings. The summed E-state index contributed by atoms with van der Waals surface area (Å²) in [5.74, 6) is 0.598. The summed E-state index contributed by atoms with van der Waals surface area (Å²) in [5.41, 5.74) is 2.22. The number of rotatable bonds is 2. The Morgan fingerprint density at radius 3 is 2.77 bits per heavy atom. The minimum absolute atomic E-state index is 0.00815. The fourth-order valence-corrected chi connectivity index (χ4v) is 3.20. The molecule has 3 heterocycles. The second-order valence-electron chi connectivity index (χ2n) is 5.98. The van der Waals surface area contributed by atoms with Gasteiger partial charge in [0.05, 0.1) is 17.4 Å². The van der Waals surface area contributed by atoms with Gasteiger partial charge in [0, 0.05) is 19.8 Å². The molecule has 0 bridgehead atoms. The lowest BCUT2D eigenvalue weighted by atomic mass is 10.1. The Balaban J connectivity index is 1.95. The van der Waals surface area contributed by atoms with E-state index in [1.54, 1.807) is 11.6 Å². The highest BCUT2D eigenvalue weighted by atomic mass is 16.5. The van der Waals surface area contributed by atoms with E-state index >= 15 is 0 Å². The van der Waals surface area contributed by atoms with Crippen LogP contribution in [0.4, 0.5) is 0 Å². The maximum atomic E-state index is 13.0.